The Hall–Kier alpha value is -0.330. The van der Waals surface area contributed by atoms with Crippen molar-refractivity contribution >= 4 is 0 Å². The Morgan fingerprint density at radius 3 is 2.32 bits per heavy atom. The van der Waals surface area contributed by atoms with Gasteiger partial charge in [0.2, 0.25) is 0 Å². The van der Waals surface area contributed by atoms with E-state index in [1.54, 1.807) is 0 Å². The molecule has 1 aliphatic rings. The second-order valence-corrected chi connectivity index (χ2v) is 5.97. The molecule has 0 spiro atoms. The maximum Gasteiger partial charge on any atom is 0.389 e. The van der Waals surface area contributed by atoms with Crippen molar-refractivity contribution in [3.8, 4) is 0 Å². The minimum Gasteiger partial charge on any atom is -0.329 e. The largest absolute Gasteiger partial charge is 0.389 e. The second-order valence-electron chi connectivity index (χ2n) is 5.97. The molecule has 6 heteroatoms. The first-order valence-corrected chi connectivity index (χ1v) is 6.90. The summed E-state index contributed by atoms with van der Waals surface area (Å²) in [6, 6.07) is 0.332. The van der Waals surface area contributed by atoms with E-state index >= 15 is 0 Å². The Morgan fingerprint density at radius 1 is 1.21 bits per heavy atom. The van der Waals surface area contributed by atoms with Gasteiger partial charge in [-0.15, -0.1) is 0 Å². The molecule has 1 fully saturated rings. The summed E-state index contributed by atoms with van der Waals surface area (Å²) in [5.41, 5.74) is 5.52. The zero-order chi connectivity index (χ0) is 14.7. The first-order chi connectivity index (χ1) is 8.68. The summed E-state index contributed by atoms with van der Waals surface area (Å²) in [5.74, 6) is 0. The van der Waals surface area contributed by atoms with Gasteiger partial charge < -0.3 is 10.6 Å². The van der Waals surface area contributed by atoms with Crippen LogP contribution < -0.4 is 5.73 Å². The van der Waals surface area contributed by atoms with Crippen molar-refractivity contribution in [2.75, 3.05) is 33.2 Å². The Bertz CT molecular complexity index is 283. The highest BCUT2D eigenvalue weighted by Gasteiger charge is 2.37. The van der Waals surface area contributed by atoms with E-state index in [1.807, 2.05) is 6.92 Å². The van der Waals surface area contributed by atoms with Crippen LogP contribution in [0, 0.1) is 0 Å². The highest BCUT2D eigenvalue weighted by atomic mass is 19.4. The molecule has 19 heavy (non-hydrogen) atoms. The third kappa shape index (κ3) is 4.93. The number of halogens is 3. The third-order valence-corrected chi connectivity index (χ3v) is 4.14. The summed E-state index contributed by atoms with van der Waals surface area (Å²) in [6.45, 7) is 7.27. The molecule has 2 atom stereocenters. The van der Waals surface area contributed by atoms with Gasteiger partial charge in [-0.3, -0.25) is 4.90 Å². The summed E-state index contributed by atoms with van der Waals surface area (Å²) >= 11 is 0. The minimum atomic E-state index is -4.07. The van der Waals surface area contributed by atoms with Crippen LogP contribution in [0.2, 0.25) is 0 Å². The summed E-state index contributed by atoms with van der Waals surface area (Å²) < 4.78 is 36.8. The van der Waals surface area contributed by atoms with Crippen LogP contribution in [0.25, 0.3) is 0 Å². The minimum absolute atomic E-state index is 0.149. The van der Waals surface area contributed by atoms with Gasteiger partial charge in [0, 0.05) is 44.2 Å². The second kappa shape index (κ2) is 6.41. The SMILES string of the molecule is CC1CN(C)CCN1C(C)(CN)CCCC(F)(F)F. The van der Waals surface area contributed by atoms with Crippen LogP contribution in [-0.4, -0.2) is 60.8 Å². The molecule has 3 nitrogen and oxygen atoms in total. The van der Waals surface area contributed by atoms with Gasteiger partial charge in [0.05, 0.1) is 0 Å². The first-order valence-electron chi connectivity index (χ1n) is 6.90. The molecule has 1 heterocycles. The first kappa shape index (κ1) is 16.7. The molecule has 0 aromatic heterocycles. The Morgan fingerprint density at radius 2 is 1.84 bits per heavy atom. The molecule has 0 aliphatic carbocycles. The highest BCUT2D eigenvalue weighted by molar-refractivity contribution is 4.93. The molecule has 2 N–H and O–H groups in total. The summed E-state index contributed by atoms with van der Waals surface area (Å²) in [7, 11) is 2.07. The molecule has 0 saturated carbocycles. The molecule has 0 radical (unpaired) electrons. The van der Waals surface area contributed by atoms with E-state index in [0.29, 0.717) is 19.0 Å². The predicted molar refractivity (Wildman–Crippen MR) is 71.0 cm³/mol. The van der Waals surface area contributed by atoms with Crippen molar-refractivity contribution in [3.05, 3.63) is 0 Å². The lowest BCUT2D eigenvalue weighted by Crippen LogP contribution is -2.62. The van der Waals surface area contributed by atoms with Crippen molar-refractivity contribution in [2.45, 2.75) is 50.9 Å². The van der Waals surface area contributed by atoms with Crippen molar-refractivity contribution < 1.29 is 13.2 Å². The summed E-state index contributed by atoms with van der Waals surface area (Å²) in [6.07, 6.45) is -4.14. The van der Waals surface area contributed by atoms with Crippen LogP contribution in [0.5, 0.6) is 0 Å². The van der Waals surface area contributed by atoms with E-state index in [-0.39, 0.29) is 12.0 Å². The molecule has 2 unspecified atom stereocenters. The Labute approximate surface area is 113 Å². The molecule has 0 aromatic rings. The zero-order valence-corrected chi connectivity index (χ0v) is 12.1. The number of hydrogen-bond donors (Lipinski definition) is 1. The van der Waals surface area contributed by atoms with Crippen molar-refractivity contribution in [1.82, 2.24) is 9.80 Å². The predicted octanol–water partition coefficient (Wildman–Crippen LogP) is 2.07. The fraction of sp³-hybridized carbons (Fsp3) is 1.00. The zero-order valence-electron chi connectivity index (χ0n) is 12.1. The van der Waals surface area contributed by atoms with Crippen molar-refractivity contribution in [3.63, 3.8) is 0 Å². The van der Waals surface area contributed by atoms with E-state index in [4.69, 9.17) is 5.73 Å². The van der Waals surface area contributed by atoms with E-state index in [1.165, 1.54) is 0 Å². The van der Waals surface area contributed by atoms with E-state index in [9.17, 15) is 13.2 Å². The van der Waals surface area contributed by atoms with Crippen LogP contribution in [0.15, 0.2) is 0 Å². The van der Waals surface area contributed by atoms with Gasteiger partial charge in [0.15, 0.2) is 0 Å². The van der Waals surface area contributed by atoms with Crippen LogP contribution in [0.4, 0.5) is 13.2 Å². The number of nitrogens with two attached hydrogens (primary N) is 1. The average molecular weight is 281 g/mol. The fourth-order valence-electron chi connectivity index (χ4n) is 2.97. The van der Waals surface area contributed by atoms with Gasteiger partial charge in [-0.05, 0) is 33.7 Å². The third-order valence-electron chi connectivity index (χ3n) is 4.14. The smallest absolute Gasteiger partial charge is 0.329 e. The normalized spacial score (nSPS) is 26.4. The molecule has 0 amide bonds. The van der Waals surface area contributed by atoms with Crippen LogP contribution in [-0.2, 0) is 0 Å². The number of hydrogen-bond acceptors (Lipinski definition) is 3. The molecular weight excluding hydrogens is 255 g/mol. The molecule has 1 saturated heterocycles. The lowest BCUT2D eigenvalue weighted by Gasteiger charge is -2.49. The standard InChI is InChI=1S/C13H26F3N3/c1-11-9-18(3)7-8-19(11)12(2,10-17)5-4-6-13(14,15)16/h11H,4-10,17H2,1-3H3. The monoisotopic (exact) mass is 281 g/mol. The number of alkyl halides is 3. The molecular formula is C13H26F3N3. The number of nitrogens with zero attached hydrogens (tertiary/aromatic N) is 2. The lowest BCUT2D eigenvalue weighted by molar-refractivity contribution is -0.137. The summed E-state index contributed by atoms with van der Waals surface area (Å²) in [4.78, 5) is 4.52. The van der Waals surface area contributed by atoms with Crippen LogP contribution in [0.3, 0.4) is 0 Å². The van der Waals surface area contributed by atoms with Crippen LogP contribution >= 0.6 is 0 Å². The fourth-order valence-corrected chi connectivity index (χ4v) is 2.97. The van der Waals surface area contributed by atoms with Gasteiger partial charge >= 0.3 is 6.18 Å². The van der Waals surface area contributed by atoms with Gasteiger partial charge in [-0.1, -0.05) is 0 Å². The van der Waals surface area contributed by atoms with E-state index in [2.05, 4.69) is 23.8 Å². The number of rotatable bonds is 5. The average Bonchev–Trinajstić information content (AvgIpc) is 2.26. The quantitative estimate of drug-likeness (QED) is 0.837. The van der Waals surface area contributed by atoms with Gasteiger partial charge in [-0.2, -0.15) is 13.2 Å². The summed E-state index contributed by atoms with van der Waals surface area (Å²) in [5, 5.41) is 0. The Kier molecular flexibility index (Phi) is 5.65. The number of piperazine rings is 1. The van der Waals surface area contributed by atoms with E-state index < -0.39 is 12.6 Å². The van der Waals surface area contributed by atoms with Gasteiger partial charge in [-0.25, -0.2) is 0 Å². The maximum atomic E-state index is 12.3. The number of likely N-dealkylation sites (N-methyl/N-ethyl adjacent to an activating group) is 1. The van der Waals surface area contributed by atoms with Crippen molar-refractivity contribution in [2.24, 2.45) is 5.73 Å². The van der Waals surface area contributed by atoms with Gasteiger partial charge in [0.25, 0.3) is 0 Å². The molecule has 1 aliphatic heterocycles. The topological polar surface area (TPSA) is 32.5 Å². The Balaban J connectivity index is 2.58. The highest BCUT2D eigenvalue weighted by Crippen LogP contribution is 2.29. The van der Waals surface area contributed by atoms with Crippen molar-refractivity contribution in [1.29, 1.82) is 0 Å². The molecule has 114 valence electrons. The molecule has 1 rings (SSSR count). The molecule has 0 aromatic carbocycles. The van der Waals surface area contributed by atoms with Gasteiger partial charge in [0.1, 0.15) is 0 Å². The molecule has 0 bridgehead atoms. The van der Waals surface area contributed by atoms with E-state index in [0.717, 1.165) is 19.6 Å². The lowest BCUT2D eigenvalue weighted by atomic mass is 9.90. The maximum absolute atomic E-state index is 12.3. The van der Waals surface area contributed by atoms with Crippen LogP contribution in [0.1, 0.15) is 33.1 Å².